The summed E-state index contributed by atoms with van der Waals surface area (Å²) in [5, 5.41) is 0. The molecule has 2 aromatic rings. The van der Waals surface area contributed by atoms with Gasteiger partial charge in [0.15, 0.2) is 0 Å². The Morgan fingerprint density at radius 1 is 0.773 bits per heavy atom. The van der Waals surface area contributed by atoms with Gasteiger partial charge in [-0.05, 0) is 29.8 Å². The third-order valence-electron chi connectivity index (χ3n) is 3.34. The van der Waals surface area contributed by atoms with Crippen LogP contribution in [-0.2, 0) is 0 Å². The summed E-state index contributed by atoms with van der Waals surface area (Å²) in [6.07, 6.45) is 0.880. The van der Waals surface area contributed by atoms with Crippen molar-refractivity contribution in [3.8, 4) is 11.5 Å². The molecule has 1 aliphatic heterocycles. The molecule has 22 heavy (non-hydrogen) atoms. The second kappa shape index (κ2) is 8.39. The van der Waals surface area contributed by atoms with Crippen molar-refractivity contribution in [1.82, 2.24) is 0 Å². The zero-order valence-electron chi connectivity index (χ0n) is 12.4. The van der Waals surface area contributed by atoms with Crippen LogP contribution in [0.15, 0.2) is 54.6 Å². The molecule has 0 unspecified atom stereocenters. The van der Waals surface area contributed by atoms with Crippen LogP contribution in [0.2, 0.25) is 0 Å². The maximum atomic E-state index is 5.77. The minimum absolute atomic E-state index is 0.605. The van der Waals surface area contributed by atoms with Gasteiger partial charge in [-0.3, -0.25) is 0 Å². The molecule has 0 radical (unpaired) electrons. The van der Waals surface area contributed by atoms with E-state index in [0.29, 0.717) is 17.8 Å². The van der Waals surface area contributed by atoms with Crippen molar-refractivity contribution in [1.29, 1.82) is 0 Å². The first-order chi connectivity index (χ1) is 10.9. The molecule has 2 aromatic carbocycles. The molecule has 0 atom stereocenters. The van der Waals surface area contributed by atoms with Crippen molar-refractivity contribution in [3.63, 3.8) is 0 Å². The lowest BCUT2D eigenvalue weighted by atomic mass is 10.2. The molecule has 0 bridgehead atoms. The average Bonchev–Trinajstić information content (AvgIpc) is 3.11. The highest BCUT2D eigenvalue weighted by atomic mass is 32.2. The summed E-state index contributed by atoms with van der Waals surface area (Å²) in [5.74, 6) is 4.37. The number of rotatable bonds is 7. The van der Waals surface area contributed by atoms with E-state index in [0.717, 1.165) is 17.9 Å². The number of ether oxygens (including phenoxy) is 2. The van der Waals surface area contributed by atoms with E-state index in [-0.39, 0.29) is 0 Å². The molecule has 1 aliphatic rings. The number of thioether (sulfide) groups is 2. The minimum atomic E-state index is 0.605. The molecular weight excluding hydrogens is 312 g/mol. The number of hydrogen-bond donors (Lipinski definition) is 0. The van der Waals surface area contributed by atoms with Crippen LogP contribution in [0.3, 0.4) is 0 Å². The average molecular weight is 332 g/mol. The van der Waals surface area contributed by atoms with E-state index in [1.54, 1.807) is 0 Å². The summed E-state index contributed by atoms with van der Waals surface area (Å²) >= 11 is 4.06. The van der Waals surface area contributed by atoms with Crippen LogP contribution in [0.25, 0.3) is 0 Å². The fourth-order valence-corrected chi connectivity index (χ4v) is 5.09. The first kappa shape index (κ1) is 15.6. The maximum absolute atomic E-state index is 5.77. The maximum Gasteiger partial charge on any atom is 0.119 e. The Morgan fingerprint density at radius 2 is 1.36 bits per heavy atom. The molecule has 0 aliphatic carbocycles. The highest BCUT2D eigenvalue weighted by molar-refractivity contribution is 8.19. The summed E-state index contributed by atoms with van der Waals surface area (Å²) in [7, 11) is 0. The zero-order valence-corrected chi connectivity index (χ0v) is 14.1. The summed E-state index contributed by atoms with van der Waals surface area (Å²) in [5.41, 5.74) is 1.40. The van der Waals surface area contributed by atoms with Crippen LogP contribution in [0.4, 0.5) is 0 Å². The lowest BCUT2D eigenvalue weighted by Gasteiger charge is -2.10. The van der Waals surface area contributed by atoms with E-state index in [2.05, 4.69) is 24.3 Å². The van der Waals surface area contributed by atoms with Gasteiger partial charge in [-0.1, -0.05) is 30.3 Å². The van der Waals surface area contributed by atoms with Gasteiger partial charge in [0, 0.05) is 17.9 Å². The normalized spacial score (nSPS) is 14.9. The third kappa shape index (κ3) is 4.62. The fourth-order valence-electron chi connectivity index (χ4n) is 2.23. The minimum Gasteiger partial charge on any atom is -0.493 e. The van der Waals surface area contributed by atoms with Crippen LogP contribution >= 0.6 is 23.5 Å². The van der Waals surface area contributed by atoms with Crippen molar-refractivity contribution in [2.24, 2.45) is 0 Å². The highest BCUT2D eigenvalue weighted by Crippen LogP contribution is 2.45. The van der Waals surface area contributed by atoms with Gasteiger partial charge >= 0.3 is 0 Å². The van der Waals surface area contributed by atoms with Crippen molar-refractivity contribution in [3.05, 3.63) is 60.2 Å². The third-order valence-corrected chi connectivity index (χ3v) is 6.45. The zero-order chi connectivity index (χ0) is 15.0. The fraction of sp³-hybridized carbons (Fsp3) is 0.333. The standard InChI is InChI=1S/C18H20O2S2/c1-2-5-16(6-3-1)19-11-4-12-20-17-9-7-15(8-10-17)18-21-13-14-22-18/h1-3,5-10,18H,4,11-14H2. The molecular formula is C18H20O2S2. The first-order valence-electron chi connectivity index (χ1n) is 7.56. The SMILES string of the molecule is c1ccc(OCCCOc2ccc(C3SCCS3)cc2)cc1. The van der Waals surface area contributed by atoms with Crippen LogP contribution < -0.4 is 9.47 Å². The Labute approximate surface area is 140 Å². The second-order valence-corrected chi connectivity index (χ2v) is 7.73. The summed E-state index contributed by atoms with van der Waals surface area (Å²) in [4.78, 5) is 0. The molecule has 1 heterocycles. The Balaban J connectivity index is 1.36. The van der Waals surface area contributed by atoms with Crippen molar-refractivity contribution in [2.75, 3.05) is 24.7 Å². The van der Waals surface area contributed by atoms with E-state index >= 15 is 0 Å². The van der Waals surface area contributed by atoms with E-state index in [1.807, 2.05) is 53.9 Å². The molecule has 3 rings (SSSR count). The molecule has 0 saturated carbocycles. The summed E-state index contributed by atoms with van der Waals surface area (Å²) in [6.45, 7) is 1.36. The number of para-hydroxylation sites is 1. The van der Waals surface area contributed by atoms with Gasteiger partial charge in [0.2, 0.25) is 0 Å². The van der Waals surface area contributed by atoms with E-state index in [1.165, 1.54) is 17.1 Å². The molecule has 1 fully saturated rings. The van der Waals surface area contributed by atoms with Crippen LogP contribution in [0, 0.1) is 0 Å². The van der Waals surface area contributed by atoms with Crippen LogP contribution in [0.5, 0.6) is 11.5 Å². The van der Waals surface area contributed by atoms with Gasteiger partial charge in [-0.2, -0.15) is 0 Å². The van der Waals surface area contributed by atoms with Gasteiger partial charge in [0.05, 0.1) is 17.8 Å². The lowest BCUT2D eigenvalue weighted by Crippen LogP contribution is -2.04. The monoisotopic (exact) mass is 332 g/mol. The van der Waals surface area contributed by atoms with E-state index in [4.69, 9.17) is 9.47 Å². The molecule has 1 saturated heterocycles. The highest BCUT2D eigenvalue weighted by Gasteiger charge is 2.17. The van der Waals surface area contributed by atoms with Gasteiger partial charge in [0.1, 0.15) is 11.5 Å². The Bertz CT molecular complexity index is 551. The smallest absolute Gasteiger partial charge is 0.119 e. The molecule has 0 amide bonds. The topological polar surface area (TPSA) is 18.5 Å². The van der Waals surface area contributed by atoms with Gasteiger partial charge in [-0.15, -0.1) is 23.5 Å². The predicted octanol–water partition coefficient (Wildman–Crippen LogP) is 5.01. The number of benzene rings is 2. The van der Waals surface area contributed by atoms with Crippen molar-refractivity contribution in [2.45, 2.75) is 11.0 Å². The molecule has 116 valence electrons. The lowest BCUT2D eigenvalue weighted by molar-refractivity contribution is 0.247. The Kier molecular flexibility index (Phi) is 5.96. The largest absolute Gasteiger partial charge is 0.493 e. The Hall–Kier alpha value is -1.26. The molecule has 4 heteroatoms. The summed E-state index contributed by atoms with van der Waals surface area (Å²) < 4.78 is 12.0. The summed E-state index contributed by atoms with van der Waals surface area (Å²) in [6, 6.07) is 18.4. The molecule has 0 N–H and O–H groups in total. The second-order valence-electron chi connectivity index (χ2n) is 5.01. The predicted molar refractivity (Wildman–Crippen MR) is 96.1 cm³/mol. The molecule has 0 spiro atoms. The molecule has 2 nitrogen and oxygen atoms in total. The quantitative estimate of drug-likeness (QED) is 0.663. The van der Waals surface area contributed by atoms with Crippen molar-refractivity contribution >= 4 is 23.5 Å². The van der Waals surface area contributed by atoms with E-state index in [9.17, 15) is 0 Å². The van der Waals surface area contributed by atoms with Gasteiger partial charge < -0.3 is 9.47 Å². The Morgan fingerprint density at radius 3 is 2.00 bits per heavy atom. The number of hydrogen-bond acceptors (Lipinski definition) is 4. The molecule has 0 aromatic heterocycles. The van der Waals surface area contributed by atoms with Crippen molar-refractivity contribution < 1.29 is 9.47 Å². The van der Waals surface area contributed by atoms with Crippen LogP contribution in [-0.4, -0.2) is 24.7 Å². The first-order valence-corrected chi connectivity index (χ1v) is 9.65. The van der Waals surface area contributed by atoms with Gasteiger partial charge in [-0.25, -0.2) is 0 Å². The van der Waals surface area contributed by atoms with E-state index < -0.39 is 0 Å². The van der Waals surface area contributed by atoms with Crippen LogP contribution in [0.1, 0.15) is 16.6 Å². The van der Waals surface area contributed by atoms with Gasteiger partial charge in [0.25, 0.3) is 0 Å².